The lowest BCUT2D eigenvalue weighted by Gasteiger charge is -2.08. The van der Waals surface area contributed by atoms with Gasteiger partial charge >= 0.3 is 6.18 Å². The lowest BCUT2D eigenvalue weighted by Crippen LogP contribution is -2.16. The zero-order valence-electron chi connectivity index (χ0n) is 10.5. The number of halogens is 5. The second kappa shape index (κ2) is 5.57. The van der Waals surface area contributed by atoms with Gasteiger partial charge in [0.1, 0.15) is 5.69 Å². The van der Waals surface area contributed by atoms with Gasteiger partial charge in [0.05, 0.1) is 15.7 Å². The third kappa shape index (κ3) is 3.30. The van der Waals surface area contributed by atoms with Crippen LogP contribution >= 0.6 is 23.2 Å². The molecule has 2 rings (SSSR count). The normalized spacial score (nSPS) is 11.5. The fourth-order valence-corrected chi connectivity index (χ4v) is 2.11. The van der Waals surface area contributed by atoms with E-state index in [0.717, 1.165) is 4.68 Å². The number of benzene rings is 1. The molecular weight excluding hydrogens is 330 g/mol. The van der Waals surface area contributed by atoms with E-state index < -0.39 is 17.8 Å². The number of nitrogens with zero attached hydrogens (tertiary/aromatic N) is 2. The summed E-state index contributed by atoms with van der Waals surface area (Å²) in [5, 5.41) is 5.97. The van der Waals surface area contributed by atoms with Crippen LogP contribution in [0.1, 0.15) is 16.2 Å². The van der Waals surface area contributed by atoms with E-state index in [1.165, 1.54) is 19.2 Å². The molecule has 0 bridgehead atoms. The number of nitrogens with one attached hydrogen (secondary N) is 1. The van der Waals surface area contributed by atoms with E-state index in [-0.39, 0.29) is 21.4 Å². The number of hydrogen-bond acceptors (Lipinski definition) is 2. The van der Waals surface area contributed by atoms with Crippen molar-refractivity contribution in [2.75, 3.05) is 5.32 Å². The minimum absolute atomic E-state index is 0.126. The fraction of sp³-hybridized carbons (Fsp3) is 0.167. The Morgan fingerprint density at radius 1 is 1.29 bits per heavy atom. The van der Waals surface area contributed by atoms with Crippen LogP contribution in [0.5, 0.6) is 0 Å². The maximum Gasteiger partial charge on any atom is 0.435 e. The summed E-state index contributed by atoms with van der Waals surface area (Å²) in [6.45, 7) is 0. The Labute approximate surface area is 127 Å². The molecule has 1 aromatic heterocycles. The van der Waals surface area contributed by atoms with Gasteiger partial charge in [0.15, 0.2) is 5.69 Å². The van der Waals surface area contributed by atoms with Crippen molar-refractivity contribution in [3.8, 4) is 0 Å². The van der Waals surface area contributed by atoms with Crippen LogP contribution in [0.15, 0.2) is 24.3 Å². The van der Waals surface area contributed by atoms with Crippen LogP contribution in [0.25, 0.3) is 0 Å². The quantitative estimate of drug-likeness (QED) is 0.900. The van der Waals surface area contributed by atoms with Gasteiger partial charge in [0.2, 0.25) is 0 Å². The standard InChI is InChI=1S/C12H8Cl2F3N3O/c1-20-8(5-9(19-20)12(15,16)17)11(21)18-10-6(13)3-2-4-7(10)14/h2-5H,1H3,(H,18,21). The highest BCUT2D eigenvalue weighted by atomic mass is 35.5. The summed E-state index contributed by atoms with van der Waals surface area (Å²) in [4.78, 5) is 12.0. The second-order valence-corrected chi connectivity index (χ2v) is 4.90. The minimum Gasteiger partial charge on any atom is -0.318 e. The van der Waals surface area contributed by atoms with Crippen molar-refractivity contribution in [3.63, 3.8) is 0 Å². The summed E-state index contributed by atoms with van der Waals surface area (Å²) in [6.07, 6.45) is -4.63. The molecule has 1 N–H and O–H groups in total. The van der Waals surface area contributed by atoms with Crippen molar-refractivity contribution in [3.05, 3.63) is 45.7 Å². The van der Waals surface area contributed by atoms with Crippen LogP contribution in [-0.4, -0.2) is 15.7 Å². The molecule has 0 saturated heterocycles. The van der Waals surface area contributed by atoms with Gasteiger partial charge in [-0.2, -0.15) is 18.3 Å². The predicted molar refractivity (Wildman–Crippen MR) is 72.6 cm³/mol. The van der Waals surface area contributed by atoms with Crippen molar-refractivity contribution < 1.29 is 18.0 Å². The van der Waals surface area contributed by atoms with Crippen LogP contribution in [-0.2, 0) is 13.2 Å². The van der Waals surface area contributed by atoms with Crippen molar-refractivity contribution in [1.29, 1.82) is 0 Å². The van der Waals surface area contributed by atoms with E-state index in [0.29, 0.717) is 6.07 Å². The summed E-state index contributed by atoms with van der Waals surface area (Å²) in [5.74, 6) is -0.796. The van der Waals surface area contributed by atoms with E-state index in [4.69, 9.17) is 23.2 Å². The van der Waals surface area contributed by atoms with E-state index in [9.17, 15) is 18.0 Å². The summed E-state index contributed by atoms with van der Waals surface area (Å²) in [7, 11) is 1.23. The van der Waals surface area contributed by atoms with Crippen molar-refractivity contribution >= 4 is 34.8 Å². The van der Waals surface area contributed by atoms with Gasteiger partial charge in [-0.05, 0) is 12.1 Å². The molecule has 21 heavy (non-hydrogen) atoms. The van der Waals surface area contributed by atoms with E-state index in [2.05, 4.69) is 10.4 Å². The summed E-state index contributed by atoms with van der Waals surface area (Å²) in [5.41, 5.74) is -1.29. The first-order valence-corrected chi connectivity index (χ1v) is 6.32. The lowest BCUT2D eigenvalue weighted by atomic mass is 10.3. The van der Waals surface area contributed by atoms with Gasteiger partial charge in [-0.3, -0.25) is 9.48 Å². The molecule has 1 heterocycles. The van der Waals surface area contributed by atoms with Gasteiger partial charge < -0.3 is 5.32 Å². The molecule has 0 spiro atoms. The Morgan fingerprint density at radius 2 is 1.86 bits per heavy atom. The Morgan fingerprint density at radius 3 is 2.33 bits per heavy atom. The number of rotatable bonds is 2. The number of hydrogen-bond donors (Lipinski definition) is 1. The predicted octanol–water partition coefficient (Wildman–Crippen LogP) is 4.00. The summed E-state index contributed by atoms with van der Waals surface area (Å²) in [6, 6.07) is 5.22. The van der Waals surface area contributed by atoms with E-state index in [1.807, 2.05) is 0 Å². The first kappa shape index (κ1) is 15.7. The molecule has 1 amide bonds. The monoisotopic (exact) mass is 337 g/mol. The number of alkyl halides is 3. The summed E-state index contributed by atoms with van der Waals surface area (Å²) < 4.78 is 38.5. The van der Waals surface area contributed by atoms with Crippen LogP contribution < -0.4 is 5.32 Å². The molecule has 2 aromatic rings. The molecule has 4 nitrogen and oxygen atoms in total. The number of amides is 1. The maximum atomic E-state index is 12.5. The first-order valence-electron chi connectivity index (χ1n) is 5.56. The number of aromatic nitrogens is 2. The topological polar surface area (TPSA) is 46.9 Å². The lowest BCUT2D eigenvalue weighted by molar-refractivity contribution is -0.141. The Balaban J connectivity index is 2.31. The first-order chi connectivity index (χ1) is 9.70. The zero-order valence-corrected chi connectivity index (χ0v) is 12.0. The van der Waals surface area contributed by atoms with Gasteiger partial charge in [-0.15, -0.1) is 0 Å². The Hall–Kier alpha value is -1.73. The third-order valence-corrected chi connectivity index (χ3v) is 3.23. The molecule has 112 valence electrons. The molecule has 0 unspecified atom stereocenters. The molecule has 0 aliphatic heterocycles. The van der Waals surface area contributed by atoms with E-state index >= 15 is 0 Å². The molecular formula is C12H8Cl2F3N3O. The molecule has 9 heteroatoms. The second-order valence-electron chi connectivity index (χ2n) is 4.09. The highest BCUT2D eigenvalue weighted by Gasteiger charge is 2.35. The maximum absolute atomic E-state index is 12.5. The van der Waals surface area contributed by atoms with Gasteiger partial charge in [-0.25, -0.2) is 0 Å². The summed E-state index contributed by atoms with van der Waals surface area (Å²) >= 11 is 11.8. The number of carbonyl (C=O) groups is 1. The minimum atomic E-state index is -4.63. The van der Waals surface area contributed by atoms with Crippen molar-refractivity contribution in [2.45, 2.75) is 6.18 Å². The smallest absolute Gasteiger partial charge is 0.318 e. The average molecular weight is 338 g/mol. The molecule has 0 aliphatic carbocycles. The molecule has 0 saturated carbocycles. The Bertz CT molecular complexity index is 677. The van der Waals surface area contributed by atoms with Gasteiger partial charge in [-0.1, -0.05) is 29.3 Å². The largest absolute Gasteiger partial charge is 0.435 e. The van der Waals surface area contributed by atoms with Crippen LogP contribution in [0.2, 0.25) is 10.0 Å². The number of para-hydroxylation sites is 1. The molecule has 0 fully saturated rings. The van der Waals surface area contributed by atoms with Crippen LogP contribution in [0.4, 0.5) is 18.9 Å². The SMILES string of the molecule is Cn1nc(C(F)(F)F)cc1C(=O)Nc1c(Cl)cccc1Cl. The van der Waals surface area contributed by atoms with Gasteiger partial charge in [0, 0.05) is 13.1 Å². The number of anilines is 1. The van der Waals surface area contributed by atoms with Crippen molar-refractivity contribution in [1.82, 2.24) is 9.78 Å². The zero-order chi connectivity index (χ0) is 15.8. The van der Waals surface area contributed by atoms with Crippen LogP contribution in [0, 0.1) is 0 Å². The molecule has 0 atom stereocenters. The third-order valence-electron chi connectivity index (χ3n) is 2.60. The molecule has 0 radical (unpaired) electrons. The highest BCUT2D eigenvalue weighted by Crippen LogP contribution is 2.31. The van der Waals surface area contributed by atoms with E-state index in [1.54, 1.807) is 6.07 Å². The molecule has 1 aromatic carbocycles. The number of aryl methyl sites for hydroxylation is 1. The van der Waals surface area contributed by atoms with Crippen molar-refractivity contribution in [2.24, 2.45) is 7.05 Å². The number of carbonyl (C=O) groups excluding carboxylic acids is 1. The highest BCUT2D eigenvalue weighted by molar-refractivity contribution is 6.40. The fourth-order valence-electron chi connectivity index (χ4n) is 1.61. The van der Waals surface area contributed by atoms with Crippen LogP contribution in [0.3, 0.4) is 0 Å². The molecule has 0 aliphatic rings. The Kier molecular flexibility index (Phi) is 4.15. The average Bonchev–Trinajstić information content (AvgIpc) is 2.76. The van der Waals surface area contributed by atoms with Gasteiger partial charge in [0.25, 0.3) is 5.91 Å².